The lowest BCUT2D eigenvalue weighted by Gasteiger charge is -2.27. The van der Waals surface area contributed by atoms with E-state index < -0.39 is 0 Å². The quantitative estimate of drug-likeness (QED) is 0.658. The normalized spacial score (nSPS) is 30.7. The van der Waals surface area contributed by atoms with Crippen molar-refractivity contribution in [2.75, 3.05) is 26.3 Å². The molecular formula is C11H22N2. The van der Waals surface area contributed by atoms with Gasteiger partial charge in [-0.2, -0.15) is 0 Å². The van der Waals surface area contributed by atoms with E-state index >= 15 is 0 Å². The number of hydrogen-bond acceptors (Lipinski definition) is 2. The largest absolute Gasteiger partial charge is 0.289 e. The van der Waals surface area contributed by atoms with Crippen LogP contribution in [0.15, 0.2) is 0 Å². The average molecular weight is 182 g/mol. The molecule has 0 bridgehead atoms. The minimum Gasteiger partial charge on any atom is -0.289 e. The summed E-state index contributed by atoms with van der Waals surface area (Å²) in [7, 11) is 0. The van der Waals surface area contributed by atoms with Crippen LogP contribution in [0, 0.1) is 0 Å². The topological polar surface area (TPSA) is 6.48 Å². The van der Waals surface area contributed by atoms with Gasteiger partial charge in [0.05, 0.1) is 6.67 Å². The lowest BCUT2D eigenvalue weighted by molar-refractivity contribution is 0.185. The highest BCUT2D eigenvalue weighted by Gasteiger charge is 2.31. The molecule has 0 aliphatic carbocycles. The summed E-state index contributed by atoms with van der Waals surface area (Å²) in [6, 6.07) is 0.908. The number of nitrogens with zero attached hydrogens (tertiary/aromatic N) is 2. The van der Waals surface area contributed by atoms with E-state index in [2.05, 4.69) is 16.7 Å². The minimum atomic E-state index is 0.908. The van der Waals surface area contributed by atoms with Crippen LogP contribution in [0.2, 0.25) is 0 Å². The van der Waals surface area contributed by atoms with Crippen LogP contribution in [0.3, 0.4) is 0 Å². The highest BCUT2D eigenvalue weighted by Crippen LogP contribution is 2.23. The van der Waals surface area contributed by atoms with Crippen molar-refractivity contribution in [1.29, 1.82) is 0 Å². The van der Waals surface area contributed by atoms with Crippen molar-refractivity contribution in [1.82, 2.24) is 9.80 Å². The first-order chi connectivity index (χ1) is 6.40. The van der Waals surface area contributed by atoms with Gasteiger partial charge in [0.25, 0.3) is 0 Å². The van der Waals surface area contributed by atoms with Crippen LogP contribution in [-0.2, 0) is 0 Å². The maximum atomic E-state index is 2.68. The molecule has 0 radical (unpaired) electrons. The number of hydrogen-bond donors (Lipinski definition) is 0. The van der Waals surface area contributed by atoms with Gasteiger partial charge in [-0.1, -0.05) is 19.8 Å². The lowest BCUT2D eigenvalue weighted by atomic mass is 10.0. The van der Waals surface area contributed by atoms with Crippen LogP contribution in [-0.4, -0.2) is 42.1 Å². The summed E-state index contributed by atoms with van der Waals surface area (Å²) in [5.74, 6) is 0. The Morgan fingerprint density at radius 3 is 3.00 bits per heavy atom. The molecule has 0 amide bonds. The van der Waals surface area contributed by atoms with E-state index in [1.165, 1.54) is 58.4 Å². The smallest absolute Gasteiger partial charge is 0.0510 e. The van der Waals surface area contributed by atoms with Gasteiger partial charge >= 0.3 is 0 Å². The average Bonchev–Trinajstić information content (AvgIpc) is 2.57. The Kier molecular flexibility index (Phi) is 3.23. The molecule has 2 heterocycles. The third-order valence-electron chi connectivity index (χ3n) is 3.43. The Labute approximate surface area is 81.9 Å². The first-order valence-electron chi connectivity index (χ1n) is 5.86. The second kappa shape index (κ2) is 4.43. The van der Waals surface area contributed by atoms with Crippen LogP contribution in [0.4, 0.5) is 0 Å². The van der Waals surface area contributed by atoms with Crippen LogP contribution in [0.1, 0.15) is 39.0 Å². The van der Waals surface area contributed by atoms with Crippen molar-refractivity contribution in [2.45, 2.75) is 45.1 Å². The van der Waals surface area contributed by atoms with Crippen molar-refractivity contribution < 1.29 is 0 Å². The Hall–Kier alpha value is -0.0800. The van der Waals surface area contributed by atoms with E-state index in [1.54, 1.807) is 0 Å². The zero-order valence-corrected chi connectivity index (χ0v) is 8.84. The fourth-order valence-electron chi connectivity index (χ4n) is 2.61. The van der Waals surface area contributed by atoms with E-state index in [0.717, 1.165) is 6.04 Å². The summed E-state index contributed by atoms with van der Waals surface area (Å²) in [6.45, 7) is 7.56. The van der Waals surface area contributed by atoms with Crippen LogP contribution in [0.5, 0.6) is 0 Å². The number of rotatable bonds is 3. The maximum Gasteiger partial charge on any atom is 0.0510 e. The summed E-state index contributed by atoms with van der Waals surface area (Å²) in [4.78, 5) is 5.32. The van der Waals surface area contributed by atoms with Crippen molar-refractivity contribution in [2.24, 2.45) is 0 Å². The molecule has 1 atom stereocenters. The third kappa shape index (κ3) is 2.23. The first-order valence-corrected chi connectivity index (χ1v) is 5.86. The van der Waals surface area contributed by atoms with Gasteiger partial charge < -0.3 is 0 Å². The maximum absolute atomic E-state index is 2.68. The molecule has 2 heteroatoms. The Balaban J connectivity index is 1.77. The van der Waals surface area contributed by atoms with Gasteiger partial charge in [-0.05, 0) is 32.4 Å². The summed E-state index contributed by atoms with van der Waals surface area (Å²) < 4.78 is 0. The molecule has 2 aliphatic rings. The van der Waals surface area contributed by atoms with E-state index in [1.807, 2.05) is 0 Å². The molecule has 1 unspecified atom stereocenters. The van der Waals surface area contributed by atoms with Crippen molar-refractivity contribution in [3.05, 3.63) is 0 Å². The molecule has 0 spiro atoms. The van der Waals surface area contributed by atoms with Crippen molar-refractivity contribution in [3.8, 4) is 0 Å². The molecule has 2 fully saturated rings. The van der Waals surface area contributed by atoms with Gasteiger partial charge in [0.1, 0.15) is 0 Å². The van der Waals surface area contributed by atoms with E-state index in [9.17, 15) is 0 Å². The fourth-order valence-corrected chi connectivity index (χ4v) is 2.61. The monoisotopic (exact) mass is 182 g/mol. The summed E-state index contributed by atoms with van der Waals surface area (Å²) in [5, 5.41) is 0. The number of fused-ring (bicyclic) bond motifs is 1. The molecule has 0 aromatic rings. The van der Waals surface area contributed by atoms with E-state index in [0.29, 0.717) is 0 Å². The predicted molar refractivity (Wildman–Crippen MR) is 55.7 cm³/mol. The second-order valence-corrected chi connectivity index (χ2v) is 4.53. The van der Waals surface area contributed by atoms with Gasteiger partial charge in [0.15, 0.2) is 0 Å². The molecule has 76 valence electrons. The van der Waals surface area contributed by atoms with Crippen molar-refractivity contribution >= 4 is 0 Å². The lowest BCUT2D eigenvalue weighted by Crippen LogP contribution is -2.35. The first kappa shape index (κ1) is 9.47. The van der Waals surface area contributed by atoms with Gasteiger partial charge in [0, 0.05) is 12.6 Å². The SMILES string of the molecule is CCCCN1CC2CCCCN2C1. The van der Waals surface area contributed by atoms with Crippen molar-refractivity contribution in [3.63, 3.8) is 0 Å². The Bertz CT molecular complexity index is 144. The summed E-state index contributed by atoms with van der Waals surface area (Å²) in [6.07, 6.45) is 7.05. The highest BCUT2D eigenvalue weighted by atomic mass is 15.4. The molecule has 0 aromatic carbocycles. The predicted octanol–water partition coefficient (Wildman–Crippen LogP) is 1.91. The zero-order chi connectivity index (χ0) is 9.10. The zero-order valence-electron chi connectivity index (χ0n) is 8.84. The standard InChI is InChI=1S/C11H22N2/c1-2-3-7-12-9-11-6-4-5-8-13(11)10-12/h11H,2-10H2,1H3. The van der Waals surface area contributed by atoms with Crippen LogP contribution < -0.4 is 0 Å². The molecule has 0 aromatic heterocycles. The minimum absolute atomic E-state index is 0.908. The summed E-state index contributed by atoms with van der Waals surface area (Å²) in [5.41, 5.74) is 0. The molecule has 2 rings (SSSR count). The molecular weight excluding hydrogens is 160 g/mol. The van der Waals surface area contributed by atoms with Gasteiger partial charge in [0.2, 0.25) is 0 Å². The fraction of sp³-hybridized carbons (Fsp3) is 1.00. The van der Waals surface area contributed by atoms with E-state index in [4.69, 9.17) is 0 Å². The molecule has 2 nitrogen and oxygen atoms in total. The Morgan fingerprint density at radius 1 is 1.31 bits per heavy atom. The number of piperidine rings is 1. The highest BCUT2D eigenvalue weighted by molar-refractivity contribution is 4.85. The van der Waals surface area contributed by atoms with Gasteiger partial charge in [-0.3, -0.25) is 9.80 Å². The molecule has 0 saturated carbocycles. The van der Waals surface area contributed by atoms with Gasteiger partial charge in [-0.15, -0.1) is 0 Å². The molecule has 2 aliphatic heterocycles. The Morgan fingerprint density at radius 2 is 2.23 bits per heavy atom. The second-order valence-electron chi connectivity index (χ2n) is 4.53. The van der Waals surface area contributed by atoms with Gasteiger partial charge in [-0.25, -0.2) is 0 Å². The van der Waals surface area contributed by atoms with Crippen LogP contribution in [0.25, 0.3) is 0 Å². The molecule has 13 heavy (non-hydrogen) atoms. The molecule has 2 saturated heterocycles. The third-order valence-corrected chi connectivity index (χ3v) is 3.43. The molecule has 0 N–H and O–H groups in total. The van der Waals surface area contributed by atoms with Crippen LogP contribution >= 0.6 is 0 Å². The summed E-state index contributed by atoms with van der Waals surface area (Å²) >= 11 is 0. The number of unbranched alkanes of at least 4 members (excludes halogenated alkanes) is 1. The van der Waals surface area contributed by atoms with E-state index in [-0.39, 0.29) is 0 Å².